The number of aromatic nitrogens is 1. The van der Waals surface area contributed by atoms with Gasteiger partial charge in [-0.2, -0.15) is 0 Å². The van der Waals surface area contributed by atoms with Crippen molar-refractivity contribution in [3.8, 4) is 0 Å². The van der Waals surface area contributed by atoms with E-state index in [0.29, 0.717) is 9.24 Å². The summed E-state index contributed by atoms with van der Waals surface area (Å²) >= 11 is 2.53. The molecule has 24 heavy (non-hydrogen) atoms. The molecule has 0 fully saturated rings. The third-order valence-electron chi connectivity index (χ3n) is 2.67. The Morgan fingerprint density at radius 2 is 2.00 bits per heavy atom. The summed E-state index contributed by atoms with van der Waals surface area (Å²) in [7, 11) is -3.84. The molecular weight excluding hydrogens is 370 g/mol. The van der Waals surface area contributed by atoms with Crippen molar-refractivity contribution in [3.63, 3.8) is 0 Å². The molecule has 0 aliphatic carbocycles. The Bertz CT molecular complexity index is 870. The Morgan fingerprint density at radius 1 is 1.33 bits per heavy atom. The van der Waals surface area contributed by atoms with E-state index in [9.17, 15) is 18.5 Å². The van der Waals surface area contributed by atoms with Gasteiger partial charge in [-0.25, -0.2) is 18.1 Å². The maximum atomic E-state index is 12.3. The normalized spacial score (nSPS) is 12.3. The maximum Gasteiger partial charge on any atom is 0.284 e. The molecule has 2 rings (SSSR count). The zero-order chi connectivity index (χ0) is 18.1. The van der Waals surface area contributed by atoms with Crippen molar-refractivity contribution in [3.05, 3.63) is 39.4 Å². The fourth-order valence-corrected chi connectivity index (χ4v) is 5.15. The van der Waals surface area contributed by atoms with Gasteiger partial charge in [-0.3, -0.25) is 10.1 Å². The number of aryl methyl sites for hydroxylation is 1. The van der Waals surface area contributed by atoms with Crippen LogP contribution < -0.4 is 4.72 Å². The third kappa shape index (κ3) is 4.76. The molecule has 0 aliphatic heterocycles. The molecule has 1 N–H and O–H groups in total. The lowest BCUT2D eigenvalue weighted by Gasteiger charge is -2.20. The smallest absolute Gasteiger partial charge is 0.258 e. The Balaban J connectivity index is 2.41. The van der Waals surface area contributed by atoms with Gasteiger partial charge >= 0.3 is 0 Å². The predicted octanol–water partition coefficient (Wildman–Crippen LogP) is 3.59. The first-order valence-electron chi connectivity index (χ1n) is 6.90. The van der Waals surface area contributed by atoms with Crippen LogP contribution in [0.15, 0.2) is 37.7 Å². The number of sulfonamides is 1. The van der Waals surface area contributed by atoms with E-state index >= 15 is 0 Å². The molecule has 10 heteroatoms. The molecule has 0 radical (unpaired) electrons. The first kappa shape index (κ1) is 18.8. The van der Waals surface area contributed by atoms with E-state index in [-0.39, 0.29) is 10.6 Å². The molecule has 0 atom stereocenters. The number of nitro groups is 1. The van der Waals surface area contributed by atoms with Crippen LogP contribution in [-0.2, 0) is 10.0 Å². The maximum absolute atomic E-state index is 12.3. The van der Waals surface area contributed by atoms with Gasteiger partial charge in [-0.05, 0) is 39.8 Å². The summed E-state index contributed by atoms with van der Waals surface area (Å²) in [5.74, 6) is 0. The first-order chi connectivity index (χ1) is 11.0. The highest BCUT2D eigenvalue weighted by atomic mass is 32.2. The molecule has 7 nitrogen and oxygen atoms in total. The van der Waals surface area contributed by atoms with Crippen molar-refractivity contribution in [2.24, 2.45) is 0 Å². The average Bonchev–Trinajstić information content (AvgIpc) is 2.81. The lowest BCUT2D eigenvalue weighted by atomic mass is 10.1. The minimum Gasteiger partial charge on any atom is -0.258 e. The van der Waals surface area contributed by atoms with Crippen molar-refractivity contribution in [1.82, 2.24) is 9.71 Å². The topological polar surface area (TPSA) is 102 Å². The summed E-state index contributed by atoms with van der Waals surface area (Å²) in [5, 5.41) is 13.2. The summed E-state index contributed by atoms with van der Waals surface area (Å²) in [6, 6.07) is 3.89. The second-order valence-corrected chi connectivity index (χ2v) is 9.93. The molecule has 130 valence electrons. The van der Waals surface area contributed by atoms with Crippen LogP contribution in [0.1, 0.15) is 26.5 Å². The number of hydrogen-bond donors (Lipinski definition) is 1. The largest absolute Gasteiger partial charge is 0.284 e. The molecule has 0 spiro atoms. The number of hydrogen-bond acceptors (Lipinski definition) is 7. The van der Waals surface area contributed by atoms with Crippen LogP contribution in [0.25, 0.3) is 0 Å². The molecule has 0 bridgehead atoms. The minimum atomic E-state index is -3.84. The lowest BCUT2D eigenvalue weighted by molar-refractivity contribution is -0.388. The van der Waals surface area contributed by atoms with Crippen LogP contribution in [-0.4, -0.2) is 23.9 Å². The van der Waals surface area contributed by atoms with Gasteiger partial charge in [0.15, 0.2) is 4.34 Å². The van der Waals surface area contributed by atoms with Crippen LogP contribution in [0.5, 0.6) is 0 Å². The average molecular weight is 388 g/mol. The molecule has 1 aromatic carbocycles. The Kier molecular flexibility index (Phi) is 5.33. The van der Waals surface area contributed by atoms with Crippen LogP contribution in [0, 0.1) is 17.0 Å². The third-order valence-corrected chi connectivity index (χ3v) is 6.55. The van der Waals surface area contributed by atoms with E-state index in [4.69, 9.17) is 0 Å². The minimum absolute atomic E-state index is 0.135. The molecule has 0 saturated heterocycles. The second kappa shape index (κ2) is 6.79. The summed E-state index contributed by atoms with van der Waals surface area (Å²) in [6.07, 6.45) is 0. The molecular formula is C14H17N3O4S3. The molecule has 0 aliphatic rings. The van der Waals surface area contributed by atoms with E-state index in [0.717, 1.165) is 23.5 Å². The number of thiazole rings is 1. The van der Waals surface area contributed by atoms with E-state index in [1.807, 2.05) is 12.3 Å². The highest BCUT2D eigenvalue weighted by molar-refractivity contribution is 8.01. The van der Waals surface area contributed by atoms with E-state index in [1.165, 1.54) is 23.5 Å². The summed E-state index contributed by atoms with van der Waals surface area (Å²) in [5.41, 5.74) is -0.109. The van der Waals surface area contributed by atoms with Crippen molar-refractivity contribution in [2.45, 2.75) is 47.4 Å². The number of nitro benzene ring substituents is 1. The molecule has 0 saturated carbocycles. The zero-order valence-electron chi connectivity index (χ0n) is 13.6. The molecule has 1 heterocycles. The quantitative estimate of drug-likeness (QED) is 0.621. The fourth-order valence-electron chi connectivity index (χ4n) is 1.83. The van der Waals surface area contributed by atoms with E-state index < -0.39 is 20.5 Å². The highest BCUT2D eigenvalue weighted by Gasteiger charge is 2.26. The summed E-state index contributed by atoms with van der Waals surface area (Å²) in [6.45, 7) is 6.94. The van der Waals surface area contributed by atoms with Crippen LogP contribution in [0.3, 0.4) is 0 Å². The van der Waals surface area contributed by atoms with Crippen LogP contribution in [0.2, 0.25) is 0 Å². The predicted molar refractivity (Wildman–Crippen MR) is 94.1 cm³/mol. The van der Waals surface area contributed by atoms with Crippen LogP contribution >= 0.6 is 23.1 Å². The Labute approximate surface area is 148 Å². The van der Waals surface area contributed by atoms with Gasteiger partial charge in [0.1, 0.15) is 0 Å². The molecule has 0 amide bonds. The van der Waals surface area contributed by atoms with E-state index in [1.54, 1.807) is 20.8 Å². The van der Waals surface area contributed by atoms with Gasteiger partial charge in [-0.15, -0.1) is 11.3 Å². The Hall–Kier alpha value is -1.49. The standard InChI is InChI=1S/C14H17N3O4S3/c1-9-8-22-13(15-9)23-12-6-5-10(7-11(12)17(18)19)24(20,21)16-14(2,3)4/h5-8,16H,1-4H3. The van der Waals surface area contributed by atoms with Crippen molar-refractivity contribution in [1.29, 1.82) is 0 Å². The number of nitrogens with one attached hydrogen (secondary N) is 1. The monoisotopic (exact) mass is 387 g/mol. The number of benzene rings is 1. The summed E-state index contributed by atoms with van der Waals surface area (Å²) in [4.78, 5) is 15.2. The molecule has 0 unspecified atom stereocenters. The van der Waals surface area contributed by atoms with Crippen molar-refractivity contribution < 1.29 is 13.3 Å². The number of nitrogens with zero attached hydrogens (tertiary/aromatic N) is 2. The fraction of sp³-hybridized carbons (Fsp3) is 0.357. The van der Waals surface area contributed by atoms with Gasteiger partial charge < -0.3 is 0 Å². The van der Waals surface area contributed by atoms with Crippen molar-refractivity contribution in [2.75, 3.05) is 0 Å². The van der Waals surface area contributed by atoms with Crippen molar-refractivity contribution >= 4 is 38.8 Å². The second-order valence-electron chi connectivity index (χ2n) is 6.10. The van der Waals surface area contributed by atoms with Crippen LogP contribution in [0.4, 0.5) is 5.69 Å². The van der Waals surface area contributed by atoms with Gasteiger partial charge in [0.05, 0.1) is 14.7 Å². The highest BCUT2D eigenvalue weighted by Crippen LogP contribution is 2.37. The SMILES string of the molecule is Cc1csc(Sc2ccc(S(=O)(=O)NC(C)(C)C)cc2[N+](=O)[O-])n1. The van der Waals surface area contributed by atoms with Gasteiger partial charge in [-0.1, -0.05) is 11.8 Å². The first-order valence-corrected chi connectivity index (χ1v) is 10.1. The zero-order valence-corrected chi connectivity index (χ0v) is 16.0. The lowest BCUT2D eigenvalue weighted by Crippen LogP contribution is -2.40. The van der Waals surface area contributed by atoms with Gasteiger partial charge in [0, 0.05) is 22.7 Å². The van der Waals surface area contributed by atoms with Gasteiger partial charge in [0.2, 0.25) is 10.0 Å². The molecule has 2 aromatic rings. The Morgan fingerprint density at radius 3 is 2.50 bits per heavy atom. The molecule has 1 aromatic heterocycles. The number of rotatable bonds is 5. The van der Waals surface area contributed by atoms with Gasteiger partial charge in [0.25, 0.3) is 5.69 Å². The summed E-state index contributed by atoms with van der Waals surface area (Å²) < 4.78 is 27.8. The van der Waals surface area contributed by atoms with E-state index in [2.05, 4.69) is 9.71 Å².